The molecule has 0 bridgehead atoms. The SMILES string of the molecule is CNC(=O)[C@@H](NC(=O)[C@@H]1CN(C(=O)C2=CN(Cc3ccccc3)NC2C)CC12CN(C(=O)C1(CCF)CC1)C2)[C@@H](C)OCc1ccccc1. The second-order valence-electron chi connectivity index (χ2n) is 14.1. The van der Waals surface area contributed by atoms with Crippen LogP contribution in [0.3, 0.4) is 0 Å². The van der Waals surface area contributed by atoms with E-state index in [0.29, 0.717) is 38.0 Å². The number of nitrogens with one attached hydrogen (secondary N) is 3. The molecule has 49 heavy (non-hydrogen) atoms. The Morgan fingerprint density at radius 2 is 1.61 bits per heavy atom. The van der Waals surface area contributed by atoms with Crippen molar-refractivity contribution >= 4 is 23.6 Å². The minimum Gasteiger partial charge on any atom is -0.371 e. The highest BCUT2D eigenvalue weighted by Gasteiger charge is 2.62. The Hall–Kier alpha value is -4.29. The van der Waals surface area contributed by atoms with E-state index in [-0.39, 0.29) is 49.9 Å². The average molecular weight is 675 g/mol. The van der Waals surface area contributed by atoms with Crippen LogP contribution in [-0.4, -0.2) is 96.5 Å². The van der Waals surface area contributed by atoms with Crippen LogP contribution in [0.25, 0.3) is 0 Å². The van der Waals surface area contributed by atoms with Crippen LogP contribution in [0, 0.1) is 16.7 Å². The van der Waals surface area contributed by atoms with Gasteiger partial charge in [-0.3, -0.25) is 23.6 Å². The van der Waals surface area contributed by atoms with E-state index in [0.717, 1.165) is 11.1 Å². The number of ether oxygens (including phenoxy) is 1. The third kappa shape index (κ3) is 7.21. The van der Waals surface area contributed by atoms with Gasteiger partial charge in [-0.1, -0.05) is 60.7 Å². The summed E-state index contributed by atoms with van der Waals surface area (Å²) in [6.45, 7) is 4.99. The van der Waals surface area contributed by atoms with Crippen molar-refractivity contribution in [1.82, 2.24) is 30.9 Å². The summed E-state index contributed by atoms with van der Waals surface area (Å²) >= 11 is 0. The number of likely N-dealkylation sites (tertiary alicyclic amines) is 2. The third-order valence-electron chi connectivity index (χ3n) is 10.6. The Morgan fingerprint density at radius 1 is 0.980 bits per heavy atom. The molecule has 1 aliphatic carbocycles. The van der Waals surface area contributed by atoms with Gasteiger partial charge in [0.05, 0.1) is 48.9 Å². The van der Waals surface area contributed by atoms with E-state index in [4.69, 9.17) is 4.74 Å². The van der Waals surface area contributed by atoms with Gasteiger partial charge in [0.25, 0.3) is 5.91 Å². The van der Waals surface area contributed by atoms with E-state index in [1.807, 2.05) is 78.8 Å². The molecule has 3 aliphatic heterocycles. The van der Waals surface area contributed by atoms with E-state index >= 15 is 0 Å². The molecule has 6 rings (SSSR count). The van der Waals surface area contributed by atoms with Crippen molar-refractivity contribution in [3.05, 3.63) is 83.6 Å². The second kappa shape index (κ2) is 14.3. The van der Waals surface area contributed by atoms with Gasteiger partial charge < -0.3 is 30.2 Å². The van der Waals surface area contributed by atoms with Gasteiger partial charge >= 0.3 is 0 Å². The highest BCUT2D eigenvalue weighted by molar-refractivity contribution is 5.96. The largest absolute Gasteiger partial charge is 0.371 e. The Balaban J connectivity index is 1.19. The zero-order chi connectivity index (χ0) is 34.8. The molecule has 1 saturated carbocycles. The summed E-state index contributed by atoms with van der Waals surface area (Å²) < 4.78 is 19.3. The predicted molar refractivity (Wildman–Crippen MR) is 181 cm³/mol. The van der Waals surface area contributed by atoms with Crippen molar-refractivity contribution in [2.45, 2.75) is 64.4 Å². The first-order chi connectivity index (χ1) is 23.6. The molecule has 3 heterocycles. The lowest BCUT2D eigenvalue weighted by molar-refractivity contribution is -0.155. The second-order valence-corrected chi connectivity index (χ2v) is 14.1. The van der Waals surface area contributed by atoms with E-state index < -0.39 is 41.5 Å². The molecule has 12 heteroatoms. The highest BCUT2D eigenvalue weighted by Crippen LogP contribution is 2.54. The lowest BCUT2D eigenvalue weighted by Gasteiger charge is -2.51. The standard InChI is InChI=1S/C37H47FN6O5/c1-25-29(19-44(41-25)18-27-10-6-4-7-11-27)34(47)42-20-30(37(22-42)23-43(24-37)35(48)36(14-15-36)16-17-38)32(45)40-31(33(46)39-3)26(2)49-21-28-12-8-5-9-13-28/h4-13,19,25-26,30-31,41H,14-18,20-24H2,1-3H3,(H,39,46)(H,40,45)/t25?,26-,30+,31+/m1/s1. The number of likely N-dealkylation sites (N-methyl/N-ethyl adjacent to an activating group) is 1. The number of benzene rings is 2. The van der Waals surface area contributed by atoms with Gasteiger partial charge in [0.15, 0.2) is 0 Å². The number of halogens is 1. The molecule has 3 N–H and O–H groups in total. The summed E-state index contributed by atoms with van der Waals surface area (Å²) in [4.78, 5) is 58.2. The monoisotopic (exact) mass is 674 g/mol. The first-order valence-electron chi connectivity index (χ1n) is 17.2. The van der Waals surface area contributed by atoms with Crippen LogP contribution < -0.4 is 16.1 Å². The summed E-state index contributed by atoms with van der Waals surface area (Å²) in [7, 11) is 1.51. The molecule has 2 aromatic rings. The molecule has 4 aliphatic rings. The Kier molecular flexibility index (Phi) is 10.1. The Bertz CT molecular complexity index is 1560. The van der Waals surface area contributed by atoms with Gasteiger partial charge in [0.1, 0.15) is 6.04 Å². The maximum atomic E-state index is 14.2. The van der Waals surface area contributed by atoms with Gasteiger partial charge in [0, 0.05) is 44.8 Å². The molecule has 2 aromatic carbocycles. The number of hydrazine groups is 1. The Labute approximate surface area is 287 Å². The van der Waals surface area contributed by atoms with E-state index in [1.54, 1.807) is 16.7 Å². The molecule has 2 saturated heterocycles. The number of carbonyl (C=O) groups excluding carboxylic acids is 4. The van der Waals surface area contributed by atoms with Crippen molar-refractivity contribution in [2.24, 2.45) is 16.7 Å². The van der Waals surface area contributed by atoms with Crippen LogP contribution in [-0.2, 0) is 37.1 Å². The number of hydrogen-bond donors (Lipinski definition) is 3. The molecule has 262 valence electrons. The zero-order valence-corrected chi connectivity index (χ0v) is 28.5. The maximum absolute atomic E-state index is 14.2. The van der Waals surface area contributed by atoms with Crippen molar-refractivity contribution in [1.29, 1.82) is 0 Å². The van der Waals surface area contributed by atoms with Gasteiger partial charge in [-0.15, -0.1) is 0 Å². The van der Waals surface area contributed by atoms with E-state index in [1.165, 1.54) is 7.05 Å². The van der Waals surface area contributed by atoms with Crippen molar-refractivity contribution in [3.63, 3.8) is 0 Å². The molecule has 1 unspecified atom stereocenters. The first-order valence-corrected chi connectivity index (χ1v) is 17.2. The van der Waals surface area contributed by atoms with Crippen LogP contribution in [0.5, 0.6) is 0 Å². The lowest BCUT2D eigenvalue weighted by Crippen LogP contribution is -2.66. The van der Waals surface area contributed by atoms with Crippen LogP contribution in [0.2, 0.25) is 0 Å². The fourth-order valence-electron chi connectivity index (χ4n) is 7.53. The fraction of sp³-hybridized carbons (Fsp3) is 0.514. The fourth-order valence-corrected chi connectivity index (χ4v) is 7.53. The smallest absolute Gasteiger partial charge is 0.253 e. The average Bonchev–Trinajstić information content (AvgIpc) is 3.62. The van der Waals surface area contributed by atoms with Crippen molar-refractivity contribution in [3.8, 4) is 0 Å². The van der Waals surface area contributed by atoms with Crippen molar-refractivity contribution in [2.75, 3.05) is 39.9 Å². The molecule has 1 spiro atoms. The number of rotatable bonds is 13. The minimum atomic E-state index is -0.978. The van der Waals surface area contributed by atoms with E-state index in [9.17, 15) is 23.6 Å². The lowest BCUT2D eigenvalue weighted by atomic mass is 9.70. The zero-order valence-electron chi connectivity index (χ0n) is 28.5. The van der Waals surface area contributed by atoms with Crippen LogP contribution >= 0.6 is 0 Å². The summed E-state index contributed by atoms with van der Waals surface area (Å²) in [6.07, 6.45) is 2.72. The highest BCUT2D eigenvalue weighted by atomic mass is 19.1. The third-order valence-corrected chi connectivity index (χ3v) is 10.6. The quantitative estimate of drug-likeness (QED) is 0.299. The molecule has 3 fully saturated rings. The molecule has 4 amide bonds. The van der Waals surface area contributed by atoms with Crippen molar-refractivity contribution < 1.29 is 28.3 Å². The normalized spacial score (nSPS) is 23.0. The van der Waals surface area contributed by atoms with Gasteiger partial charge in [-0.2, -0.15) is 0 Å². The van der Waals surface area contributed by atoms with Crippen LogP contribution in [0.4, 0.5) is 4.39 Å². The summed E-state index contributed by atoms with van der Waals surface area (Å²) in [5, 5.41) is 7.48. The number of hydrogen-bond acceptors (Lipinski definition) is 7. The predicted octanol–water partition coefficient (Wildman–Crippen LogP) is 2.54. The topological polar surface area (TPSA) is 123 Å². The molecular weight excluding hydrogens is 627 g/mol. The number of amides is 4. The molecule has 0 aromatic heterocycles. The first kappa shape index (κ1) is 34.6. The number of nitrogens with zero attached hydrogens (tertiary/aromatic N) is 3. The van der Waals surface area contributed by atoms with Crippen LogP contribution in [0.15, 0.2) is 72.4 Å². The molecule has 4 atom stereocenters. The van der Waals surface area contributed by atoms with Gasteiger partial charge in [0.2, 0.25) is 17.7 Å². The van der Waals surface area contributed by atoms with Gasteiger partial charge in [-0.05, 0) is 44.2 Å². The number of alkyl halides is 1. The molecular formula is C37H47FN6O5. The Morgan fingerprint density at radius 3 is 2.22 bits per heavy atom. The summed E-state index contributed by atoms with van der Waals surface area (Å²) in [5.74, 6) is -1.67. The summed E-state index contributed by atoms with van der Waals surface area (Å²) in [5.41, 5.74) is 4.64. The number of carbonyl (C=O) groups is 4. The molecule has 0 radical (unpaired) electrons. The minimum absolute atomic E-state index is 0.0706. The van der Waals surface area contributed by atoms with Crippen LogP contribution in [0.1, 0.15) is 44.2 Å². The molecule has 11 nitrogen and oxygen atoms in total. The summed E-state index contributed by atoms with van der Waals surface area (Å²) in [6, 6.07) is 18.3. The maximum Gasteiger partial charge on any atom is 0.253 e. The van der Waals surface area contributed by atoms with E-state index in [2.05, 4.69) is 16.1 Å². The van der Waals surface area contributed by atoms with Gasteiger partial charge in [-0.25, -0.2) is 5.43 Å².